The van der Waals surface area contributed by atoms with Crippen LogP contribution in [-0.2, 0) is 12.1 Å². The first-order valence-corrected chi connectivity index (χ1v) is 8.22. The van der Waals surface area contributed by atoms with Gasteiger partial charge in [-0.25, -0.2) is 4.39 Å². The van der Waals surface area contributed by atoms with Crippen LogP contribution in [0.25, 0.3) is 0 Å². The van der Waals surface area contributed by atoms with Crippen LogP contribution in [-0.4, -0.2) is 18.8 Å². The van der Waals surface area contributed by atoms with Gasteiger partial charge in [-0.15, -0.1) is 11.8 Å². The molecule has 1 aliphatic heterocycles. The first-order valence-electron chi connectivity index (χ1n) is 7.24. The molecule has 106 valence electrons. The van der Waals surface area contributed by atoms with Crippen molar-refractivity contribution >= 4 is 11.8 Å². The molecule has 1 aromatic rings. The molecule has 1 aromatic carbocycles. The summed E-state index contributed by atoms with van der Waals surface area (Å²) in [7, 11) is 1.84. The molecule has 0 aromatic heterocycles. The van der Waals surface area contributed by atoms with Crippen molar-refractivity contribution in [3.8, 4) is 0 Å². The minimum absolute atomic E-state index is 0.161. The van der Waals surface area contributed by atoms with Crippen LogP contribution in [0.2, 0.25) is 0 Å². The van der Waals surface area contributed by atoms with E-state index >= 15 is 4.39 Å². The standard InChI is InChI=1S/C16H24FNS/c1-4-5-9-16(17,12(2)18-3)14-6-7-15-13(11-14)8-10-19-15/h6-7,11-12,18H,4-5,8-10H2,1-3H3. The van der Waals surface area contributed by atoms with Crippen LogP contribution in [0.1, 0.15) is 44.2 Å². The highest BCUT2D eigenvalue weighted by Gasteiger charge is 2.37. The molecule has 0 bridgehead atoms. The number of halogens is 1. The Kier molecular flexibility index (Phi) is 4.91. The van der Waals surface area contributed by atoms with Crippen molar-refractivity contribution in [1.82, 2.24) is 5.32 Å². The quantitative estimate of drug-likeness (QED) is 0.834. The SMILES string of the molecule is CCCCC(F)(c1ccc2c(c1)CCS2)C(C)NC. The summed E-state index contributed by atoms with van der Waals surface area (Å²) in [5.74, 6) is 1.13. The van der Waals surface area contributed by atoms with E-state index in [1.165, 1.54) is 10.5 Å². The summed E-state index contributed by atoms with van der Waals surface area (Å²) >= 11 is 1.88. The van der Waals surface area contributed by atoms with Gasteiger partial charge in [-0.2, -0.15) is 0 Å². The number of hydrogen-bond donors (Lipinski definition) is 1. The van der Waals surface area contributed by atoms with Crippen molar-refractivity contribution in [3.63, 3.8) is 0 Å². The second-order valence-electron chi connectivity index (χ2n) is 5.40. The zero-order valence-electron chi connectivity index (χ0n) is 12.1. The lowest BCUT2D eigenvalue weighted by Crippen LogP contribution is -2.42. The van der Waals surface area contributed by atoms with Crippen molar-refractivity contribution in [3.05, 3.63) is 29.3 Å². The van der Waals surface area contributed by atoms with E-state index in [-0.39, 0.29) is 6.04 Å². The predicted octanol–water partition coefficient (Wildman–Crippen LogP) is 4.30. The minimum Gasteiger partial charge on any atom is -0.314 e. The number of thioether (sulfide) groups is 1. The van der Waals surface area contributed by atoms with Crippen molar-refractivity contribution in [2.45, 2.75) is 56.1 Å². The van der Waals surface area contributed by atoms with Gasteiger partial charge in [0.25, 0.3) is 0 Å². The van der Waals surface area contributed by atoms with Crippen LogP contribution < -0.4 is 5.32 Å². The van der Waals surface area contributed by atoms with Crippen molar-refractivity contribution < 1.29 is 4.39 Å². The second-order valence-corrected chi connectivity index (χ2v) is 6.53. The lowest BCUT2D eigenvalue weighted by Gasteiger charge is -2.32. The molecule has 0 saturated carbocycles. The normalized spacial score (nSPS) is 18.9. The van der Waals surface area contributed by atoms with E-state index in [1.807, 2.05) is 31.8 Å². The third-order valence-electron chi connectivity index (χ3n) is 4.18. The first-order chi connectivity index (χ1) is 9.11. The molecule has 1 nitrogen and oxygen atoms in total. The fourth-order valence-corrected chi connectivity index (χ4v) is 3.77. The zero-order valence-corrected chi connectivity index (χ0v) is 12.9. The van der Waals surface area contributed by atoms with Gasteiger partial charge in [-0.1, -0.05) is 31.9 Å². The van der Waals surface area contributed by atoms with E-state index < -0.39 is 5.67 Å². The predicted molar refractivity (Wildman–Crippen MR) is 81.7 cm³/mol. The van der Waals surface area contributed by atoms with Gasteiger partial charge in [-0.05, 0) is 44.0 Å². The van der Waals surface area contributed by atoms with E-state index in [1.54, 1.807) is 0 Å². The summed E-state index contributed by atoms with van der Waals surface area (Å²) in [4.78, 5) is 1.33. The van der Waals surface area contributed by atoms with E-state index in [9.17, 15) is 0 Å². The molecule has 2 rings (SSSR count). The minimum atomic E-state index is -1.26. The molecule has 0 saturated heterocycles. The number of fused-ring (bicyclic) bond motifs is 1. The number of likely N-dealkylation sites (N-methyl/N-ethyl adjacent to an activating group) is 1. The highest BCUT2D eigenvalue weighted by molar-refractivity contribution is 7.99. The highest BCUT2D eigenvalue weighted by atomic mass is 32.2. The van der Waals surface area contributed by atoms with Gasteiger partial charge in [0.2, 0.25) is 0 Å². The van der Waals surface area contributed by atoms with E-state index in [0.717, 1.165) is 30.6 Å². The lowest BCUT2D eigenvalue weighted by atomic mass is 9.83. The van der Waals surface area contributed by atoms with Gasteiger partial charge in [0.05, 0.1) is 0 Å². The molecule has 0 amide bonds. The molecular weight excluding hydrogens is 257 g/mol. The molecule has 2 atom stereocenters. The number of rotatable bonds is 6. The molecule has 1 heterocycles. The first kappa shape index (κ1) is 14.9. The summed E-state index contributed by atoms with van der Waals surface area (Å²) in [6.45, 7) is 4.06. The molecule has 0 fully saturated rings. The van der Waals surface area contributed by atoms with Crippen LogP contribution in [0.3, 0.4) is 0 Å². The Labute approximate surface area is 120 Å². The summed E-state index contributed by atoms with van der Waals surface area (Å²) in [5, 5.41) is 3.10. The molecule has 1 N–H and O–H groups in total. The third kappa shape index (κ3) is 2.97. The van der Waals surface area contributed by atoms with Gasteiger partial charge in [-0.3, -0.25) is 0 Å². The maximum atomic E-state index is 15.5. The largest absolute Gasteiger partial charge is 0.314 e. The number of unbranched alkanes of at least 4 members (excludes halogenated alkanes) is 1. The van der Waals surface area contributed by atoms with Gasteiger partial charge in [0.1, 0.15) is 0 Å². The van der Waals surface area contributed by atoms with Crippen LogP contribution in [0.5, 0.6) is 0 Å². The molecule has 0 aliphatic carbocycles. The molecule has 0 spiro atoms. The average molecular weight is 281 g/mol. The maximum Gasteiger partial charge on any atom is 0.150 e. The lowest BCUT2D eigenvalue weighted by molar-refractivity contribution is 0.101. The van der Waals surface area contributed by atoms with Crippen molar-refractivity contribution in [1.29, 1.82) is 0 Å². The Bertz CT molecular complexity index is 435. The number of hydrogen-bond acceptors (Lipinski definition) is 2. The maximum absolute atomic E-state index is 15.5. The number of benzene rings is 1. The number of nitrogens with one attached hydrogen (secondary N) is 1. The summed E-state index contributed by atoms with van der Waals surface area (Å²) < 4.78 is 15.5. The molecular formula is C16H24FNS. The molecule has 19 heavy (non-hydrogen) atoms. The van der Waals surface area contributed by atoms with Crippen LogP contribution in [0, 0.1) is 0 Å². The third-order valence-corrected chi connectivity index (χ3v) is 5.30. The van der Waals surface area contributed by atoms with Gasteiger partial charge in [0, 0.05) is 16.7 Å². The summed E-state index contributed by atoms with van der Waals surface area (Å²) in [5.41, 5.74) is 0.918. The Morgan fingerprint density at radius 1 is 1.47 bits per heavy atom. The Balaban J connectivity index is 2.32. The smallest absolute Gasteiger partial charge is 0.150 e. The van der Waals surface area contributed by atoms with Gasteiger partial charge < -0.3 is 5.32 Å². The second kappa shape index (κ2) is 6.27. The molecule has 3 heteroatoms. The van der Waals surface area contributed by atoms with E-state index in [0.29, 0.717) is 6.42 Å². The Hall–Kier alpha value is -0.540. The van der Waals surface area contributed by atoms with Crippen molar-refractivity contribution in [2.24, 2.45) is 0 Å². The number of alkyl halides is 1. The summed E-state index contributed by atoms with van der Waals surface area (Å²) in [6, 6.07) is 6.02. The van der Waals surface area contributed by atoms with Crippen LogP contribution >= 0.6 is 11.8 Å². The Morgan fingerprint density at radius 2 is 2.26 bits per heavy atom. The highest BCUT2D eigenvalue weighted by Crippen LogP contribution is 2.39. The molecule has 2 unspecified atom stereocenters. The topological polar surface area (TPSA) is 12.0 Å². The van der Waals surface area contributed by atoms with E-state index in [4.69, 9.17) is 0 Å². The van der Waals surface area contributed by atoms with Crippen LogP contribution in [0.4, 0.5) is 4.39 Å². The van der Waals surface area contributed by atoms with E-state index in [2.05, 4.69) is 24.4 Å². The monoisotopic (exact) mass is 281 g/mol. The van der Waals surface area contributed by atoms with Crippen molar-refractivity contribution in [2.75, 3.05) is 12.8 Å². The zero-order chi connectivity index (χ0) is 13.9. The summed E-state index contributed by atoms with van der Waals surface area (Å²) in [6.07, 6.45) is 3.63. The Morgan fingerprint density at radius 3 is 2.95 bits per heavy atom. The van der Waals surface area contributed by atoms with Gasteiger partial charge in [0.15, 0.2) is 5.67 Å². The molecule has 1 aliphatic rings. The molecule has 0 radical (unpaired) electrons. The van der Waals surface area contributed by atoms with Gasteiger partial charge >= 0.3 is 0 Å². The average Bonchev–Trinajstić information content (AvgIpc) is 2.91. The fraction of sp³-hybridized carbons (Fsp3) is 0.625. The fourth-order valence-electron chi connectivity index (χ4n) is 2.72. The number of aryl methyl sites for hydroxylation is 1. The van der Waals surface area contributed by atoms with Crippen LogP contribution in [0.15, 0.2) is 23.1 Å².